The molecule has 0 aromatic carbocycles. The van der Waals surface area contributed by atoms with E-state index in [4.69, 9.17) is 9.05 Å². The fourth-order valence-electron chi connectivity index (χ4n) is 9.06. The van der Waals surface area contributed by atoms with Gasteiger partial charge in [0.25, 0.3) is 0 Å². The van der Waals surface area contributed by atoms with E-state index in [0.717, 1.165) is 89.9 Å². The molecule has 0 aliphatic heterocycles. The Hall–Kier alpha value is -3.10. The van der Waals surface area contributed by atoms with Crippen LogP contribution in [0, 0.1) is 0 Å². The van der Waals surface area contributed by atoms with Gasteiger partial charge in [-0.25, -0.2) is 4.57 Å². The van der Waals surface area contributed by atoms with E-state index >= 15 is 0 Å². The van der Waals surface area contributed by atoms with Crippen molar-refractivity contribution >= 4 is 13.7 Å². The Kier molecular flexibility index (Phi) is 58.1. The molecule has 3 N–H and O–H groups in total. The summed E-state index contributed by atoms with van der Waals surface area (Å²) >= 11 is 0. The number of phosphoric acid groups is 1. The quantitative estimate of drug-likeness (QED) is 0.0243. The second-order valence-corrected chi connectivity index (χ2v) is 24.5. The molecule has 0 heterocycles. The van der Waals surface area contributed by atoms with Crippen molar-refractivity contribution in [2.45, 2.75) is 283 Å². The largest absolute Gasteiger partial charge is 0.472 e. The molecule has 1 amide bonds. The molecular weight excluding hydrogens is 1010 g/mol. The molecule has 0 radical (unpaired) electrons. The van der Waals surface area contributed by atoms with E-state index in [1.54, 1.807) is 6.08 Å². The first kappa shape index (κ1) is 76.9. The summed E-state index contributed by atoms with van der Waals surface area (Å²) in [6.45, 7) is 4.68. The van der Waals surface area contributed by atoms with Gasteiger partial charge in [-0.1, -0.05) is 283 Å². The van der Waals surface area contributed by atoms with Gasteiger partial charge in [0.2, 0.25) is 5.91 Å². The number of amides is 1. The number of carbonyl (C=O) groups excluding carboxylic acids is 1. The number of carbonyl (C=O) groups is 1. The van der Waals surface area contributed by atoms with Gasteiger partial charge >= 0.3 is 7.82 Å². The molecule has 0 aromatic heterocycles. The van der Waals surface area contributed by atoms with Crippen LogP contribution in [0.25, 0.3) is 0 Å². The molecule has 0 bridgehead atoms. The molecule has 460 valence electrons. The van der Waals surface area contributed by atoms with Gasteiger partial charge in [0.1, 0.15) is 13.2 Å². The number of aliphatic hydroxyl groups is 1. The van der Waals surface area contributed by atoms with Crippen molar-refractivity contribution in [3.63, 3.8) is 0 Å². The Morgan fingerprint density at radius 3 is 1.15 bits per heavy atom. The first-order valence-corrected chi connectivity index (χ1v) is 34.4. The highest BCUT2D eigenvalue weighted by Gasteiger charge is 2.27. The smallest absolute Gasteiger partial charge is 0.387 e. The molecule has 80 heavy (non-hydrogen) atoms. The third-order valence-electron chi connectivity index (χ3n) is 14.1. The number of phosphoric ester groups is 1. The van der Waals surface area contributed by atoms with Crippen molar-refractivity contribution in [1.29, 1.82) is 0 Å². The number of quaternary nitrogens is 1. The molecule has 0 aliphatic rings. The number of nitrogens with one attached hydrogen (secondary N) is 1. The van der Waals surface area contributed by atoms with Gasteiger partial charge in [-0.3, -0.25) is 13.8 Å². The van der Waals surface area contributed by atoms with Crippen LogP contribution in [0.2, 0.25) is 0 Å². The van der Waals surface area contributed by atoms with Gasteiger partial charge in [-0.15, -0.1) is 0 Å². The molecule has 9 heteroatoms. The summed E-state index contributed by atoms with van der Waals surface area (Å²) in [4.78, 5) is 23.4. The summed E-state index contributed by atoms with van der Waals surface area (Å²) in [6.07, 6.45) is 90.4. The predicted molar refractivity (Wildman–Crippen MR) is 350 cm³/mol. The number of rotatable bonds is 59. The molecule has 0 aromatic rings. The molecule has 0 aliphatic carbocycles. The lowest BCUT2D eigenvalue weighted by atomic mass is 10.0. The summed E-state index contributed by atoms with van der Waals surface area (Å²) in [5.41, 5.74) is 0. The molecule has 0 saturated carbocycles. The zero-order valence-electron chi connectivity index (χ0n) is 52.5. The fraction of sp³-hybridized carbons (Fsp3) is 0.704. The van der Waals surface area contributed by atoms with E-state index in [1.165, 1.54) is 161 Å². The minimum atomic E-state index is -4.37. The maximum absolute atomic E-state index is 13.0. The third-order valence-corrected chi connectivity index (χ3v) is 15.1. The van der Waals surface area contributed by atoms with Crippen LogP contribution in [0.4, 0.5) is 0 Å². The van der Waals surface area contributed by atoms with Crippen molar-refractivity contribution < 1.29 is 32.9 Å². The van der Waals surface area contributed by atoms with Crippen LogP contribution >= 0.6 is 7.82 Å². The van der Waals surface area contributed by atoms with Crippen molar-refractivity contribution in [3.05, 3.63) is 122 Å². The summed E-state index contributed by atoms with van der Waals surface area (Å²) in [6, 6.07) is -0.879. The maximum Gasteiger partial charge on any atom is 0.472 e. The summed E-state index contributed by atoms with van der Waals surface area (Å²) in [5.74, 6) is -0.195. The lowest BCUT2D eigenvalue weighted by Crippen LogP contribution is -2.45. The molecule has 0 fully saturated rings. The predicted octanol–water partition coefficient (Wildman–Crippen LogP) is 20.9. The summed E-state index contributed by atoms with van der Waals surface area (Å²) in [5, 5.41) is 14.0. The number of nitrogens with zero attached hydrogens (tertiary/aromatic N) is 1. The topological polar surface area (TPSA) is 105 Å². The van der Waals surface area contributed by atoms with Gasteiger partial charge < -0.3 is 19.8 Å². The molecule has 0 saturated heterocycles. The van der Waals surface area contributed by atoms with Crippen LogP contribution in [-0.2, 0) is 18.4 Å². The Morgan fingerprint density at radius 2 is 0.762 bits per heavy atom. The number of allylic oxidation sites excluding steroid dienone is 19. The van der Waals surface area contributed by atoms with Gasteiger partial charge in [0, 0.05) is 6.42 Å². The van der Waals surface area contributed by atoms with Crippen molar-refractivity contribution in [2.75, 3.05) is 40.9 Å². The van der Waals surface area contributed by atoms with Gasteiger partial charge in [-0.05, 0) is 103 Å². The highest BCUT2D eigenvalue weighted by atomic mass is 31.2. The maximum atomic E-state index is 13.0. The summed E-state index contributed by atoms with van der Waals surface area (Å²) in [7, 11) is 1.54. The van der Waals surface area contributed by atoms with E-state index in [-0.39, 0.29) is 19.1 Å². The molecule has 3 unspecified atom stereocenters. The van der Waals surface area contributed by atoms with Crippen molar-refractivity contribution in [1.82, 2.24) is 5.32 Å². The number of unbranched alkanes of at least 4 members (excludes halogenated alkanes) is 28. The zero-order chi connectivity index (χ0) is 58.4. The molecule has 8 nitrogen and oxygen atoms in total. The van der Waals surface area contributed by atoms with Crippen LogP contribution in [-0.4, -0.2) is 73.4 Å². The summed E-state index contributed by atoms with van der Waals surface area (Å²) < 4.78 is 23.8. The Labute approximate surface area is 494 Å². The second kappa shape index (κ2) is 60.5. The molecule has 0 rings (SSSR count). The van der Waals surface area contributed by atoms with Crippen LogP contribution in [0.15, 0.2) is 122 Å². The lowest BCUT2D eigenvalue weighted by Gasteiger charge is -2.25. The monoisotopic (exact) mass is 1130 g/mol. The third kappa shape index (κ3) is 62.5. The average Bonchev–Trinajstić information content (AvgIpc) is 3.42. The second-order valence-electron chi connectivity index (χ2n) is 23.1. The minimum absolute atomic E-state index is 0.0485. The Bertz CT molecular complexity index is 1720. The SMILES string of the molecule is CC/C=C\C/C=C\C/C=C\C/C=C\C/C=C\C/C=C\C/C=C\CCCCCCCCCCCCCCCC(=O)NC(COP(=O)(O)OCC[N+](C)(C)C)C(O)/C=C/CC/C=C/CC/C=C/CCCCCCCCCCCCCCC. The number of hydrogen-bond donors (Lipinski definition) is 3. The van der Waals surface area contributed by atoms with E-state index in [0.29, 0.717) is 17.4 Å². The molecular formula is C71H126N2O6P+. The van der Waals surface area contributed by atoms with E-state index in [9.17, 15) is 19.4 Å². The Morgan fingerprint density at radius 1 is 0.438 bits per heavy atom. The lowest BCUT2D eigenvalue weighted by molar-refractivity contribution is -0.870. The van der Waals surface area contributed by atoms with E-state index in [1.807, 2.05) is 27.2 Å². The van der Waals surface area contributed by atoms with Crippen LogP contribution < -0.4 is 5.32 Å². The zero-order valence-corrected chi connectivity index (χ0v) is 53.4. The van der Waals surface area contributed by atoms with E-state index in [2.05, 4.69) is 129 Å². The van der Waals surface area contributed by atoms with Crippen molar-refractivity contribution in [3.8, 4) is 0 Å². The van der Waals surface area contributed by atoms with Crippen molar-refractivity contribution in [2.24, 2.45) is 0 Å². The highest BCUT2D eigenvalue weighted by Crippen LogP contribution is 2.43. The Balaban J connectivity index is 4.18. The van der Waals surface area contributed by atoms with Gasteiger partial charge in [-0.2, -0.15) is 0 Å². The van der Waals surface area contributed by atoms with Crippen LogP contribution in [0.5, 0.6) is 0 Å². The highest BCUT2D eigenvalue weighted by molar-refractivity contribution is 7.47. The first-order chi connectivity index (χ1) is 39.0. The number of hydrogen-bond acceptors (Lipinski definition) is 5. The van der Waals surface area contributed by atoms with E-state index < -0.39 is 20.0 Å². The fourth-order valence-corrected chi connectivity index (χ4v) is 9.79. The molecule has 0 spiro atoms. The van der Waals surface area contributed by atoms with Crippen LogP contribution in [0.1, 0.15) is 271 Å². The number of aliphatic hydroxyl groups excluding tert-OH is 1. The van der Waals surface area contributed by atoms with Gasteiger partial charge in [0.15, 0.2) is 0 Å². The average molecular weight is 1130 g/mol. The standard InChI is InChI=1S/C71H125N2O6P/c1-6-8-10-12-14-16-18-20-22-24-26-28-30-31-32-33-34-35-36-37-38-39-40-41-43-45-47-49-51-53-55-57-59-61-63-65-71(75)72-69(68-79-80(76,77)78-67-66-73(3,4)5)70(74)64-62-60-58-56-54-52-50-48-46-44-42-29-27-25-23-21-19-17-15-13-11-9-7-2/h8,10,14,16,20,22,26,28,31-32,34-35,37-38,46,48,54,56,62,64,69-70,74H,6-7,9,11-13,15,17-19,21,23-25,27,29-30,33,36,39-45,47,49-53,55,57-61,63,65-68H2,1-5H3,(H-,72,75,76,77)/p+1/b10-8-,16-14-,22-20-,28-26-,32-31-,35-34-,38-37-,48-46+,56-54+,64-62+. The van der Waals surface area contributed by atoms with Crippen LogP contribution in [0.3, 0.4) is 0 Å². The minimum Gasteiger partial charge on any atom is -0.387 e. The van der Waals surface area contributed by atoms with Gasteiger partial charge in [0.05, 0.1) is 39.9 Å². The normalized spacial score (nSPS) is 14.5. The molecule has 3 atom stereocenters. The number of likely N-dealkylation sites (N-methyl/N-ethyl adjacent to an activating group) is 1. The first-order valence-electron chi connectivity index (χ1n) is 32.9.